The predicted octanol–water partition coefficient (Wildman–Crippen LogP) is -4.95. The molecule has 0 radical (unpaired) electrons. The molecule has 0 aromatic heterocycles. The van der Waals surface area contributed by atoms with Gasteiger partial charge in [-0.2, -0.15) is 0 Å². The molecule has 9 heterocycles. The number of amides is 3. The minimum atomic E-state index is -0.957. The van der Waals surface area contributed by atoms with Crippen molar-refractivity contribution < 1.29 is 71.6 Å². The maximum absolute atomic E-state index is 12.8. The number of fused-ring (bicyclic) bond motifs is 12. The first-order valence-corrected chi connectivity index (χ1v) is 23.0. The number of ether oxygens (including phenoxy) is 6. The van der Waals surface area contributed by atoms with E-state index >= 15 is 0 Å². The van der Waals surface area contributed by atoms with Gasteiger partial charge in [0.15, 0.2) is 17.2 Å². The molecule has 27 heteroatoms. The molecule has 3 aliphatic carbocycles. The van der Waals surface area contributed by atoms with Crippen LogP contribution in [0.3, 0.4) is 0 Å². The van der Waals surface area contributed by atoms with Gasteiger partial charge in [0, 0.05) is 92.5 Å². The molecule has 27 nitrogen and oxygen atoms in total. The van der Waals surface area contributed by atoms with E-state index in [9.17, 15) is 43.2 Å². The van der Waals surface area contributed by atoms with Crippen LogP contribution in [0.15, 0.2) is 67.6 Å². The predicted molar refractivity (Wildman–Crippen MR) is 240 cm³/mol. The van der Waals surface area contributed by atoms with Gasteiger partial charge in [-0.1, -0.05) is 0 Å². The second kappa shape index (κ2) is 16.2. The van der Waals surface area contributed by atoms with Gasteiger partial charge in [-0.25, -0.2) is 14.4 Å². The fourth-order valence-electron chi connectivity index (χ4n) is 12.9. The van der Waals surface area contributed by atoms with Crippen molar-refractivity contribution in [2.75, 3.05) is 60.8 Å². The molecule has 0 bridgehead atoms. The van der Waals surface area contributed by atoms with Gasteiger partial charge in [-0.3, -0.25) is 28.8 Å². The standard InChI is InChI=1S/3C15H18N4O5/c3*1-5-9(16)12(21)8-6(4-24-14(17)22)15(23-2)13-7(18-13)3-19(15)10(8)11(5)20/h3*6-7,13,18H,3-4,16H2,1-2H3,(H2,17,22)/t3*6-,7+,13+,15-/m111/s1. The highest BCUT2D eigenvalue weighted by Crippen LogP contribution is 2.58. The number of piperazine rings is 3. The summed E-state index contributed by atoms with van der Waals surface area (Å²) in [5.41, 5.74) is 32.0. The van der Waals surface area contributed by atoms with E-state index in [0.29, 0.717) is 36.7 Å². The van der Waals surface area contributed by atoms with Crippen molar-refractivity contribution in [2.45, 2.75) is 74.2 Å². The molecule has 0 saturated carbocycles. The summed E-state index contributed by atoms with van der Waals surface area (Å²) in [6.07, 6.45) is -2.85. The normalized spacial score (nSPS) is 36.8. The summed E-state index contributed by atoms with van der Waals surface area (Å²) in [6.45, 7) is 5.75. The zero-order valence-corrected chi connectivity index (χ0v) is 39.9. The zero-order chi connectivity index (χ0) is 52.2. The van der Waals surface area contributed by atoms with E-state index < -0.39 is 70.6 Å². The van der Waals surface area contributed by atoms with Crippen LogP contribution in [0.25, 0.3) is 0 Å². The van der Waals surface area contributed by atoms with E-state index in [1.165, 1.54) is 42.1 Å². The van der Waals surface area contributed by atoms with E-state index in [1.807, 2.05) is 14.7 Å². The van der Waals surface area contributed by atoms with Gasteiger partial charge in [-0.15, -0.1) is 0 Å². The minimum absolute atomic E-state index is 0.0586. The third-order valence-corrected chi connectivity index (χ3v) is 16.4. The number of nitrogens with zero attached hydrogens (tertiary/aromatic N) is 3. The van der Waals surface area contributed by atoms with Gasteiger partial charge in [0.25, 0.3) is 0 Å². The molecule has 3 amide bonds. The molecule has 0 unspecified atom stereocenters. The van der Waals surface area contributed by atoms with E-state index in [-0.39, 0.29) is 124 Å². The summed E-state index contributed by atoms with van der Waals surface area (Å²) in [7, 11) is 4.55. The van der Waals surface area contributed by atoms with Crippen LogP contribution in [0.4, 0.5) is 14.4 Å². The summed E-state index contributed by atoms with van der Waals surface area (Å²) < 4.78 is 32.3. The van der Waals surface area contributed by atoms with Gasteiger partial charge in [0.1, 0.15) is 19.8 Å². The van der Waals surface area contributed by atoms with Crippen molar-refractivity contribution in [1.29, 1.82) is 0 Å². The Balaban J connectivity index is 0.000000124. The quantitative estimate of drug-likeness (QED) is 0.0593. The Kier molecular flexibility index (Phi) is 10.9. The molecule has 12 rings (SSSR count). The molecular weight excluding hydrogens is 949 g/mol. The number of primary amides is 3. The fraction of sp³-hybridized carbons (Fsp3) is 0.533. The molecule has 6 saturated heterocycles. The fourth-order valence-corrected chi connectivity index (χ4v) is 12.9. The number of methoxy groups -OCH3 is 3. The first-order valence-electron chi connectivity index (χ1n) is 23.0. The molecule has 0 aromatic rings. The van der Waals surface area contributed by atoms with Gasteiger partial charge in [-0.05, 0) is 20.8 Å². The number of hydrogen-bond acceptors (Lipinski definition) is 24. The summed E-state index contributed by atoms with van der Waals surface area (Å²) in [6, 6.07) is 0.328. The lowest BCUT2D eigenvalue weighted by molar-refractivity contribution is -0.137. The van der Waals surface area contributed by atoms with Crippen molar-refractivity contribution in [3.8, 4) is 0 Å². The number of allylic oxidation sites excluding steroid dienone is 6. The minimum Gasteiger partial charge on any atom is -0.449 e. The highest BCUT2D eigenvalue weighted by atomic mass is 16.6. The largest absolute Gasteiger partial charge is 0.449 e. The molecule has 15 N–H and O–H groups in total. The van der Waals surface area contributed by atoms with Crippen molar-refractivity contribution in [3.63, 3.8) is 0 Å². The van der Waals surface area contributed by atoms with Gasteiger partial charge < -0.3 is 93.5 Å². The Bertz CT molecular complexity index is 2570. The van der Waals surface area contributed by atoms with Crippen molar-refractivity contribution in [2.24, 2.45) is 52.2 Å². The molecule has 6 fully saturated rings. The maximum atomic E-state index is 12.8. The first-order chi connectivity index (χ1) is 34.0. The zero-order valence-electron chi connectivity index (χ0n) is 39.9. The van der Waals surface area contributed by atoms with E-state index in [0.717, 1.165) is 0 Å². The first kappa shape index (κ1) is 48.5. The highest BCUT2D eigenvalue weighted by Gasteiger charge is 2.75. The molecular formula is C45H54N12O15. The number of hydrogen-bond donors (Lipinski definition) is 9. The molecule has 0 spiro atoms. The van der Waals surface area contributed by atoms with Crippen molar-refractivity contribution in [1.82, 2.24) is 30.7 Å². The molecule has 12 aliphatic rings. The summed E-state index contributed by atoms with van der Waals surface area (Å²) >= 11 is 0. The Hall–Kier alpha value is -7.17. The number of rotatable bonds is 9. The van der Waals surface area contributed by atoms with Crippen LogP contribution in [-0.2, 0) is 57.2 Å². The Labute approximate surface area is 409 Å². The Morgan fingerprint density at radius 1 is 0.472 bits per heavy atom. The number of nitrogens with one attached hydrogen (secondary N) is 3. The summed E-state index contributed by atoms with van der Waals surface area (Å²) in [5.74, 6) is -4.02. The van der Waals surface area contributed by atoms with Crippen LogP contribution in [-0.4, -0.2) is 182 Å². The molecule has 9 aliphatic heterocycles. The second-order valence-electron chi connectivity index (χ2n) is 19.4. The van der Waals surface area contributed by atoms with Gasteiger partial charge >= 0.3 is 18.3 Å². The van der Waals surface area contributed by atoms with E-state index in [1.54, 1.807) is 0 Å². The third kappa shape index (κ3) is 6.20. The molecule has 0 aromatic carbocycles. The van der Waals surface area contributed by atoms with Crippen molar-refractivity contribution in [3.05, 3.63) is 67.6 Å². The van der Waals surface area contributed by atoms with Gasteiger partial charge in [0.05, 0.1) is 70.1 Å². The van der Waals surface area contributed by atoms with Crippen molar-refractivity contribution >= 4 is 53.0 Å². The monoisotopic (exact) mass is 1000 g/mol. The van der Waals surface area contributed by atoms with Crippen LogP contribution in [0.1, 0.15) is 20.8 Å². The molecule has 72 heavy (non-hydrogen) atoms. The Morgan fingerprint density at radius 3 is 0.917 bits per heavy atom. The lowest BCUT2D eigenvalue weighted by atomic mass is 9.82. The average molecular weight is 1000 g/mol. The van der Waals surface area contributed by atoms with E-state index in [2.05, 4.69) is 16.0 Å². The maximum Gasteiger partial charge on any atom is 0.404 e. The Morgan fingerprint density at radius 2 is 0.708 bits per heavy atom. The van der Waals surface area contributed by atoms with Crippen LogP contribution in [0, 0.1) is 17.8 Å². The highest BCUT2D eigenvalue weighted by molar-refractivity contribution is 6.27. The van der Waals surface area contributed by atoms with E-state index in [4.69, 9.17) is 62.8 Å². The third-order valence-electron chi connectivity index (χ3n) is 16.4. The molecule has 12 atom stereocenters. The lowest BCUT2D eigenvalue weighted by Crippen LogP contribution is -2.55. The number of carbonyl (C=O) groups excluding carboxylic acids is 9. The van der Waals surface area contributed by atoms with Crippen LogP contribution < -0.4 is 50.4 Å². The van der Waals surface area contributed by atoms with Crippen LogP contribution >= 0.6 is 0 Å². The second-order valence-corrected chi connectivity index (χ2v) is 19.4. The number of Topliss-reactive ketones (excluding diaryl/α,β-unsaturated/α-hetero) is 6. The lowest BCUT2D eigenvalue weighted by Gasteiger charge is -2.39. The molecule has 384 valence electrons. The number of ketones is 6. The topological polar surface area (TPSA) is 441 Å². The smallest absolute Gasteiger partial charge is 0.404 e. The van der Waals surface area contributed by atoms with Crippen LogP contribution in [0.2, 0.25) is 0 Å². The number of nitrogens with two attached hydrogens (primary N) is 6. The van der Waals surface area contributed by atoms with Gasteiger partial charge in [0.2, 0.25) is 34.7 Å². The van der Waals surface area contributed by atoms with Crippen LogP contribution in [0.5, 0.6) is 0 Å². The summed E-state index contributed by atoms with van der Waals surface area (Å²) in [4.78, 5) is 115. The SMILES string of the molecule is CO[C@@]12[C@H](COC(N)=O)C3=C(C(=O)C(C)=C(N)C3=O)N1C[C@@H]1N[C@@H]12.CO[C@@]12[C@H](COC(N)=O)C3=C(C(=O)C(C)=C(N)C3=O)N1C[C@@H]1N[C@@H]12.CO[C@@]12[C@H](COC(N)=O)C3=C(C(=O)C(C)=C(N)C3=O)N1C[C@@H]1N[C@@H]12. The number of carbonyl (C=O) groups is 9. The average Bonchev–Trinajstić information content (AvgIpc) is 4.29. The summed E-state index contributed by atoms with van der Waals surface area (Å²) in [5, 5.41) is 9.83.